The smallest absolute Gasteiger partial charge is 0.259 e. The maximum absolute atomic E-state index is 12.5. The molecular formula is C17H20N4O2. The van der Waals surface area contributed by atoms with E-state index in [4.69, 9.17) is 0 Å². The van der Waals surface area contributed by atoms with Crippen molar-refractivity contribution in [3.8, 4) is 0 Å². The van der Waals surface area contributed by atoms with Crippen LogP contribution in [0.5, 0.6) is 0 Å². The number of aryl methyl sites for hydroxylation is 2. The molecule has 3 rings (SSSR count). The molecule has 1 aliphatic rings. The van der Waals surface area contributed by atoms with Gasteiger partial charge in [0.2, 0.25) is 0 Å². The molecule has 2 amide bonds. The summed E-state index contributed by atoms with van der Waals surface area (Å²) >= 11 is 0. The predicted molar refractivity (Wildman–Crippen MR) is 87.6 cm³/mol. The molecule has 0 aliphatic carbocycles. The highest BCUT2D eigenvalue weighted by molar-refractivity contribution is 6.06. The van der Waals surface area contributed by atoms with Gasteiger partial charge in [-0.15, -0.1) is 0 Å². The van der Waals surface area contributed by atoms with Crippen LogP contribution in [-0.2, 0) is 19.9 Å². The van der Waals surface area contributed by atoms with Gasteiger partial charge in [-0.1, -0.05) is 13.0 Å². The minimum atomic E-state index is -0.202. The van der Waals surface area contributed by atoms with Crippen LogP contribution in [0.3, 0.4) is 0 Å². The van der Waals surface area contributed by atoms with Crippen molar-refractivity contribution in [3.05, 3.63) is 46.8 Å². The molecule has 6 nitrogen and oxygen atoms in total. The van der Waals surface area contributed by atoms with Gasteiger partial charge in [0.15, 0.2) is 0 Å². The zero-order chi connectivity index (χ0) is 16.6. The van der Waals surface area contributed by atoms with E-state index in [0.717, 1.165) is 24.2 Å². The van der Waals surface area contributed by atoms with Gasteiger partial charge in [-0.05, 0) is 30.5 Å². The zero-order valence-electron chi connectivity index (χ0n) is 13.6. The van der Waals surface area contributed by atoms with Gasteiger partial charge in [0.25, 0.3) is 11.8 Å². The number of carbonyl (C=O) groups excluding carboxylic acids is 2. The van der Waals surface area contributed by atoms with E-state index in [0.29, 0.717) is 23.2 Å². The van der Waals surface area contributed by atoms with E-state index < -0.39 is 0 Å². The number of hydrogen-bond donors (Lipinski definition) is 1. The van der Waals surface area contributed by atoms with Gasteiger partial charge in [-0.2, -0.15) is 5.10 Å². The van der Waals surface area contributed by atoms with Gasteiger partial charge in [-0.25, -0.2) is 0 Å². The summed E-state index contributed by atoms with van der Waals surface area (Å²) < 4.78 is 1.64. The first kappa shape index (κ1) is 15.3. The van der Waals surface area contributed by atoms with Gasteiger partial charge in [0.05, 0.1) is 11.3 Å². The Kier molecular flexibility index (Phi) is 3.90. The van der Waals surface area contributed by atoms with Crippen molar-refractivity contribution in [2.24, 2.45) is 7.05 Å². The van der Waals surface area contributed by atoms with Crippen LogP contribution < -0.4 is 5.32 Å². The monoisotopic (exact) mass is 312 g/mol. The number of likely N-dealkylation sites (N-methyl/N-ethyl adjacent to an activating group) is 1. The van der Waals surface area contributed by atoms with Crippen molar-refractivity contribution < 1.29 is 9.59 Å². The number of rotatable bonds is 3. The van der Waals surface area contributed by atoms with E-state index in [-0.39, 0.29) is 11.8 Å². The number of anilines is 1. The molecule has 0 unspecified atom stereocenters. The first-order valence-corrected chi connectivity index (χ1v) is 7.72. The highest BCUT2D eigenvalue weighted by atomic mass is 16.2. The number of amides is 2. The van der Waals surface area contributed by atoms with Crippen LogP contribution in [-0.4, -0.2) is 40.1 Å². The first-order valence-electron chi connectivity index (χ1n) is 7.72. The average Bonchev–Trinajstić information content (AvgIpc) is 2.92. The van der Waals surface area contributed by atoms with E-state index in [1.54, 1.807) is 35.9 Å². The molecule has 1 aliphatic heterocycles. The summed E-state index contributed by atoms with van der Waals surface area (Å²) in [5.74, 6) is -0.204. The number of benzene rings is 1. The maximum Gasteiger partial charge on any atom is 0.259 e. The highest BCUT2D eigenvalue weighted by Gasteiger charge is 2.22. The van der Waals surface area contributed by atoms with Crippen molar-refractivity contribution in [3.63, 3.8) is 0 Å². The van der Waals surface area contributed by atoms with Crippen LogP contribution in [0.2, 0.25) is 0 Å². The lowest BCUT2D eigenvalue weighted by atomic mass is 9.98. The summed E-state index contributed by atoms with van der Waals surface area (Å²) in [6.07, 6.45) is 3.25. The predicted octanol–water partition coefficient (Wildman–Crippen LogP) is 1.86. The quantitative estimate of drug-likeness (QED) is 0.940. The molecule has 6 heteroatoms. The van der Waals surface area contributed by atoms with Crippen molar-refractivity contribution in [2.75, 3.05) is 18.9 Å². The van der Waals surface area contributed by atoms with Gasteiger partial charge >= 0.3 is 0 Å². The summed E-state index contributed by atoms with van der Waals surface area (Å²) in [6.45, 7) is 2.69. The molecule has 1 aromatic heterocycles. The largest absolute Gasteiger partial charge is 0.341 e. The fraction of sp³-hybridized carbons (Fsp3) is 0.353. The second-order valence-corrected chi connectivity index (χ2v) is 5.82. The van der Waals surface area contributed by atoms with E-state index >= 15 is 0 Å². The summed E-state index contributed by atoms with van der Waals surface area (Å²) in [5.41, 5.74) is 3.65. The number of carbonyl (C=O) groups is 2. The number of fused-ring (bicyclic) bond motifs is 1. The van der Waals surface area contributed by atoms with Crippen molar-refractivity contribution in [1.82, 2.24) is 14.7 Å². The summed E-state index contributed by atoms with van der Waals surface area (Å²) in [5, 5.41) is 7.15. The topological polar surface area (TPSA) is 67.2 Å². The SMILES string of the molecule is CCc1nn(C)cc1C(=O)Nc1ccc2c(c1)C(=O)N(C)CC2. The molecule has 1 aromatic carbocycles. The van der Waals surface area contributed by atoms with Crippen LogP contribution in [0.15, 0.2) is 24.4 Å². The van der Waals surface area contributed by atoms with Crippen LogP contribution in [0.1, 0.15) is 38.9 Å². The third-order valence-electron chi connectivity index (χ3n) is 4.15. The molecule has 2 heterocycles. The number of hydrogen-bond acceptors (Lipinski definition) is 3. The van der Waals surface area contributed by atoms with Crippen molar-refractivity contribution >= 4 is 17.5 Å². The number of nitrogens with one attached hydrogen (secondary N) is 1. The van der Waals surface area contributed by atoms with E-state index in [1.807, 2.05) is 19.1 Å². The first-order chi connectivity index (χ1) is 11.0. The molecule has 0 spiro atoms. The molecule has 0 saturated heterocycles. The fourth-order valence-corrected chi connectivity index (χ4v) is 2.85. The molecule has 0 fully saturated rings. The third kappa shape index (κ3) is 2.84. The Balaban J connectivity index is 1.86. The Morgan fingerprint density at radius 1 is 1.35 bits per heavy atom. The van der Waals surface area contributed by atoms with Gasteiger partial charge in [0, 0.05) is 38.1 Å². The molecule has 0 atom stereocenters. The Morgan fingerprint density at radius 2 is 2.13 bits per heavy atom. The van der Waals surface area contributed by atoms with E-state index in [1.165, 1.54) is 0 Å². The summed E-state index contributed by atoms with van der Waals surface area (Å²) in [4.78, 5) is 26.4. The fourth-order valence-electron chi connectivity index (χ4n) is 2.85. The standard InChI is InChI=1S/C17H20N4O2/c1-4-15-14(10-21(3)19-15)16(22)18-12-6-5-11-7-8-20(2)17(23)13(11)9-12/h5-6,9-10H,4,7-8H2,1-3H3,(H,18,22). The van der Waals surface area contributed by atoms with Gasteiger partial charge in [-0.3, -0.25) is 14.3 Å². The highest BCUT2D eigenvalue weighted by Crippen LogP contribution is 2.22. The molecule has 0 bridgehead atoms. The molecular weight excluding hydrogens is 292 g/mol. The molecule has 120 valence electrons. The van der Waals surface area contributed by atoms with Crippen LogP contribution >= 0.6 is 0 Å². The lowest BCUT2D eigenvalue weighted by Gasteiger charge is -2.25. The summed E-state index contributed by atoms with van der Waals surface area (Å²) in [6, 6.07) is 5.52. The second kappa shape index (κ2) is 5.87. The Hall–Kier alpha value is -2.63. The van der Waals surface area contributed by atoms with Crippen molar-refractivity contribution in [1.29, 1.82) is 0 Å². The van der Waals surface area contributed by atoms with Gasteiger partial charge in [0.1, 0.15) is 0 Å². The van der Waals surface area contributed by atoms with Crippen LogP contribution in [0.25, 0.3) is 0 Å². The molecule has 0 saturated carbocycles. The lowest BCUT2D eigenvalue weighted by Crippen LogP contribution is -2.34. The maximum atomic E-state index is 12.5. The molecule has 0 radical (unpaired) electrons. The third-order valence-corrected chi connectivity index (χ3v) is 4.15. The Bertz CT molecular complexity index is 779. The minimum absolute atomic E-state index is 0.00188. The molecule has 2 aromatic rings. The number of aromatic nitrogens is 2. The van der Waals surface area contributed by atoms with Crippen LogP contribution in [0.4, 0.5) is 5.69 Å². The number of nitrogens with zero attached hydrogens (tertiary/aromatic N) is 3. The second-order valence-electron chi connectivity index (χ2n) is 5.82. The van der Waals surface area contributed by atoms with E-state index in [9.17, 15) is 9.59 Å². The minimum Gasteiger partial charge on any atom is -0.341 e. The molecule has 23 heavy (non-hydrogen) atoms. The van der Waals surface area contributed by atoms with Crippen molar-refractivity contribution in [2.45, 2.75) is 19.8 Å². The Labute approximate surface area is 135 Å². The van der Waals surface area contributed by atoms with E-state index in [2.05, 4.69) is 10.4 Å². The van der Waals surface area contributed by atoms with Gasteiger partial charge < -0.3 is 10.2 Å². The lowest BCUT2D eigenvalue weighted by molar-refractivity contribution is 0.0780. The zero-order valence-corrected chi connectivity index (χ0v) is 13.6. The average molecular weight is 312 g/mol. The normalized spacial score (nSPS) is 13.9. The van der Waals surface area contributed by atoms with Crippen LogP contribution in [0, 0.1) is 0 Å². The Morgan fingerprint density at radius 3 is 2.87 bits per heavy atom. The summed E-state index contributed by atoms with van der Waals surface area (Å²) in [7, 11) is 3.59. The molecule has 1 N–H and O–H groups in total.